The van der Waals surface area contributed by atoms with Crippen LogP contribution >= 0.6 is 12.6 Å². The number of nitrogens with one attached hydrogen (secondary N) is 1. The smallest absolute Gasteiger partial charge is 0.254 e. The molecular formula is C8H16N4O3S. The highest BCUT2D eigenvalue weighted by atomic mass is 32.1. The van der Waals surface area contributed by atoms with Gasteiger partial charge in [-0.15, -0.1) is 0 Å². The van der Waals surface area contributed by atoms with Gasteiger partial charge in [0.25, 0.3) is 5.91 Å². The molecule has 8 heteroatoms. The Balaban J connectivity index is 4.31. The van der Waals surface area contributed by atoms with E-state index in [0.717, 1.165) is 0 Å². The summed E-state index contributed by atoms with van der Waals surface area (Å²) in [4.78, 5) is 33.1. The number of carbonyl (C=O) groups is 3. The van der Waals surface area contributed by atoms with Crippen LogP contribution in [0.25, 0.3) is 0 Å². The van der Waals surface area contributed by atoms with E-state index < -0.39 is 23.9 Å². The summed E-state index contributed by atoms with van der Waals surface area (Å²) in [6, 6.07) is 0. The molecule has 0 aromatic heterocycles. The minimum absolute atomic E-state index is 0.0304. The summed E-state index contributed by atoms with van der Waals surface area (Å²) in [6.07, 6.45) is -1.29. The highest BCUT2D eigenvalue weighted by Gasteiger charge is 2.22. The van der Waals surface area contributed by atoms with Gasteiger partial charge in [-0.2, -0.15) is 12.6 Å². The van der Waals surface area contributed by atoms with Crippen molar-refractivity contribution in [3.05, 3.63) is 0 Å². The maximum Gasteiger partial charge on any atom is 0.254 e. The second kappa shape index (κ2) is 7.20. The number of hydrogen-bond acceptors (Lipinski definition) is 6. The fraction of sp³-hybridized carbons (Fsp3) is 0.625. The second-order valence-corrected chi connectivity index (χ2v) is 3.58. The lowest BCUT2D eigenvalue weighted by Gasteiger charge is -2.16. The van der Waals surface area contributed by atoms with Crippen molar-refractivity contribution < 1.29 is 14.4 Å². The largest absolute Gasteiger partial charge is 0.367 e. The lowest BCUT2D eigenvalue weighted by molar-refractivity contribution is -0.131. The van der Waals surface area contributed by atoms with Gasteiger partial charge in [-0.25, -0.2) is 0 Å². The lowest BCUT2D eigenvalue weighted by Crippen LogP contribution is -2.52. The number of amides is 2. The Morgan fingerprint density at radius 2 is 1.88 bits per heavy atom. The molecule has 0 aromatic rings. The van der Waals surface area contributed by atoms with Crippen LogP contribution in [0.5, 0.6) is 0 Å². The van der Waals surface area contributed by atoms with Crippen LogP contribution in [0.15, 0.2) is 0 Å². The number of thiol groups is 1. The third kappa shape index (κ3) is 5.10. The fourth-order valence-corrected chi connectivity index (χ4v) is 1.24. The second-order valence-electron chi connectivity index (χ2n) is 3.22. The summed E-state index contributed by atoms with van der Waals surface area (Å²) in [5, 5.41) is 2.18. The molecule has 7 N–H and O–H groups in total. The minimum atomic E-state index is -1.26. The molecule has 0 aliphatic rings. The molecule has 0 radical (unpaired) electrons. The number of hydrogen-bond donors (Lipinski definition) is 5. The molecular weight excluding hydrogens is 232 g/mol. The van der Waals surface area contributed by atoms with Crippen LogP contribution < -0.4 is 22.5 Å². The van der Waals surface area contributed by atoms with Gasteiger partial charge in [0, 0.05) is 12.2 Å². The van der Waals surface area contributed by atoms with E-state index in [0.29, 0.717) is 0 Å². The van der Waals surface area contributed by atoms with E-state index in [2.05, 4.69) is 17.9 Å². The van der Waals surface area contributed by atoms with Crippen LogP contribution in [-0.2, 0) is 14.4 Å². The standard InChI is InChI=1S/C8H16N4O3S/c9-2-5(13)1-4(3-16)8(15)12-6(10)7(11)14/h4,6,16H,1-3,9-10H2,(H2,11,14)(H,12,15)/t4-,6+/m0/s1. The summed E-state index contributed by atoms with van der Waals surface area (Å²) in [5.41, 5.74) is 15.2. The minimum Gasteiger partial charge on any atom is -0.367 e. The van der Waals surface area contributed by atoms with Gasteiger partial charge < -0.3 is 22.5 Å². The van der Waals surface area contributed by atoms with Crippen LogP contribution in [0.3, 0.4) is 0 Å². The van der Waals surface area contributed by atoms with Crippen molar-refractivity contribution in [2.75, 3.05) is 12.3 Å². The number of Topliss-reactive ketones (excluding diaryl/α,β-unsaturated/α-hetero) is 1. The van der Waals surface area contributed by atoms with E-state index in [1.165, 1.54) is 0 Å². The molecule has 0 aromatic carbocycles. The van der Waals surface area contributed by atoms with Crippen molar-refractivity contribution in [3.8, 4) is 0 Å². The van der Waals surface area contributed by atoms with Crippen molar-refractivity contribution in [1.82, 2.24) is 5.32 Å². The van der Waals surface area contributed by atoms with E-state index in [-0.39, 0.29) is 24.5 Å². The number of ketones is 1. The summed E-state index contributed by atoms with van der Waals surface area (Å²) in [6.45, 7) is -0.139. The Hall–Kier alpha value is -1.12. The van der Waals surface area contributed by atoms with Gasteiger partial charge in [0.2, 0.25) is 5.91 Å². The van der Waals surface area contributed by atoms with Crippen molar-refractivity contribution >= 4 is 30.2 Å². The summed E-state index contributed by atoms with van der Waals surface area (Å²) >= 11 is 3.93. The molecule has 7 nitrogen and oxygen atoms in total. The molecule has 0 rings (SSSR count). The summed E-state index contributed by atoms with van der Waals surface area (Å²) < 4.78 is 0. The molecule has 0 bridgehead atoms. The van der Waals surface area contributed by atoms with Crippen LogP contribution in [0.4, 0.5) is 0 Å². The molecule has 0 spiro atoms. The SMILES string of the molecule is NCC(=O)C[C@@H](CS)C(=O)N[C@@H](N)C(N)=O. The van der Waals surface area contributed by atoms with Crippen LogP contribution in [0, 0.1) is 5.92 Å². The predicted molar refractivity (Wildman–Crippen MR) is 61.3 cm³/mol. The zero-order valence-corrected chi connectivity index (χ0v) is 9.57. The van der Waals surface area contributed by atoms with Gasteiger partial charge in [0.15, 0.2) is 6.17 Å². The number of primary amides is 1. The number of carbonyl (C=O) groups excluding carboxylic acids is 3. The number of nitrogens with two attached hydrogens (primary N) is 3. The topological polar surface area (TPSA) is 141 Å². The van der Waals surface area contributed by atoms with E-state index in [1.807, 2.05) is 0 Å². The van der Waals surface area contributed by atoms with Crippen LogP contribution in [0.2, 0.25) is 0 Å². The Morgan fingerprint density at radius 1 is 1.31 bits per heavy atom. The third-order valence-corrected chi connectivity index (χ3v) is 2.34. The first-order chi connectivity index (χ1) is 7.42. The first kappa shape index (κ1) is 14.9. The first-order valence-electron chi connectivity index (χ1n) is 4.60. The average molecular weight is 248 g/mol. The van der Waals surface area contributed by atoms with Gasteiger partial charge >= 0.3 is 0 Å². The molecule has 0 aliphatic carbocycles. The molecule has 0 saturated carbocycles. The Morgan fingerprint density at radius 3 is 2.25 bits per heavy atom. The normalized spacial score (nSPS) is 13.9. The van der Waals surface area contributed by atoms with Crippen LogP contribution in [0.1, 0.15) is 6.42 Å². The molecule has 2 atom stereocenters. The van der Waals surface area contributed by atoms with E-state index in [9.17, 15) is 14.4 Å². The Bertz CT molecular complexity index is 284. The van der Waals surface area contributed by atoms with Crippen molar-refractivity contribution in [2.24, 2.45) is 23.1 Å². The van der Waals surface area contributed by atoms with Gasteiger partial charge in [-0.1, -0.05) is 0 Å². The Kier molecular flexibility index (Phi) is 6.70. The zero-order chi connectivity index (χ0) is 12.7. The third-order valence-electron chi connectivity index (χ3n) is 1.90. The molecule has 0 unspecified atom stereocenters. The maximum absolute atomic E-state index is 11.5. The maximum atomic E-state index is 11.5. The zero-order valence-electron chi connectivity index (χ0n) is 8.68. The Labute approximate surface area is 98.5 Å². The highest BCUT2D eigenvalue weighted by Crippen LogP contribution is 2.06. The average Bonchev–Trinajstić information content (AvgIpc) is 2.24. The number of rotatable bonds is 7. The predicted octanol–water partition coefficient (Wildman–Crippen LogP) is -2.66. The lowest BCUT2D eigenvalue weighted by atomic mass is 10.0. The van der Waals surface area contributed by atoms with E-state index in [1.54, 1.807) is 0 Å². The van der Waals surface area contributed by atoms with Gasteiger partial charge in [0.1, 0.15) is 5.78 Å². The van der Waals surface area contributed by atoms with Crippen molar-refractivity contribution in [2.45, 2.75) is 12.6 Å². The first-order valence-corrected chi connectivity index (χ1v) is 5.23. The van der Waals surface area contributed by atoms with Gasteiger partial charge in [-0.05, 0) is 0 Å². The van der Waals surface area contributed by atoms with E-state index >= 15 is 0 Å². The molecule has 0 fully saturated rings. The van der Waals surface area contributed by atoms with Gasteiger partial charge in [-0.3, -0.25) is 14.4 Å². The summed E-state index contributed by atoms with van der Waals surface area (Å²) in [7, 11) is 0. The van der Waals surface area contributed by atoms with Gasteiger partial charge in [0.05, 0.1) is 12.5 Å². The monoisotopic (exact) mass is 248 g/mol. The molecule has 0 saturated heterocycles. The quantitative estimate of drug-likeness (QED) is 0.247. The highest BCUT2D eigenvalue weighted by molar-refractivity contribution is 7.80. The van der Waals surface area contributed by atoms with Crippen molar-refractivity contribution in [1.29, 1.82) is 0 Å². The van der Waals surface area contributed by atoms with Crippen LogP contribution in [-0.4, -0.2) is 36.1 Å². The fourth-order valence-electron chi connectivity index (χ4n) is 0.941. The molecule has 2 amide bonds. The molecule has 0 aliphatic heterocycles. The molecule has 92 valence electrons. The molecule has 16 heavy (non-hydrogen) atoms. The van der Waals surface area contributed by atoms with Crippen molar-refractivity contribution in [3.63, 3.8) is 0 Å². The van der Waals surface area contributed by atoms with E-state index in [4.69, 9.17) is 17.2 Å². The molecule has 0 heterocycles. The summed E-state index contributed by atoms with van der Waals surface area (Å²) in [5.74, 6) is -2.16.